The van der Waals surface area contributed by atoms with Gasteiger partial charge in [-0.3, -0.25) is 0 Å². The molecule has 0 saturated carbocycles. The summed E-state index contributed by atoms with van der Waals surface area (Å²) in [5.41, 5.74) is 1.95. The van der Waals surface area contributed by atoms with Gasteiger partial charge in [-0.25, -0.2) is 19.2 Å². The highest BCUT2D eigenvalue weighted by atomic mass is 19.1. The molecule has 0 bridgehead atoms. The van der Waals surface area contributed by atoms with Crippen LogP contribution in [0.3, 0.4) is 0 Å². The SMILES string of the molecule is O=C(Nc1ccc(F)cc1)Nc1cccc(-c2nccc(N3CCCC3)n2)c1. The number of hydrogen-bond donors (Lipinski definition) is 2. The van der Waals surface area contributed by atoms with Crippen LogP contribution >= 0.6 is 0 Å². The quantitative estimate of drug-likeness (QED) is 0.701. The number of hydrogen-bond acceptors (Lipinski definition) is 4. The minimum atomic E-state index is -0.407. The van der Waals surface area contributed by atoms with Crippen LogP contribution < -0.4 is 15.5 Å². The van der Waals surface area contributed by atoms with Crippen molar-refractivity contribution in [1.29, 1.82) is 0 Å². The molecule has 2 N–H and O–H groups in total. The number of aromatic nitrogens is 2. The highest BCUT2D eigenvalue weighted by Gasteiger charge is 2.14. The molecule has 6 nitrogen and oxygen atoms in total. The van der Waals surface area contributed by atoms with Crippen molar-refractivity contribution in [2.45, 2.75) is 12.8 Å². The van der Waals surface area contributed by atoms with Crippen LogP contribution in [0.4, 0.5) is 26.4 Å². The fraction of sp³-hybridized carbons (Fsp3) is 0.190. The van der Waals surface area contributed by atoms with E-state index >= 15 is 0 Å². The average molecular weight is 377 g/mol. The largest absolute Gasteiger partial charge is 0.357 e. The van der Waals surface area contributed by atoms with Gasteiger partial charge in [0.2, 0.25) is 0 Å². The highest BCUT2D eigenvalue weighted by Crippen LogP contribution is 2.23. The van der Waals surface area contributed by atoms with Gasteiger partial charge in [-0.2, -0.15) is 0 Å². The van der Waals surface area contributed by atoms with Crippen molar-refractivity contribution in [1.82, 2.24) is 9.97 Å². The minimum absolute atomic E-state index is 0.352. The molecule has 1 aliphatic heterocycles. The fourth-order valence-corrected chi connectivity index (χ4v) is 3.17. The maximum absolute atomic E-state index is 13.0. The van der Waals surface area contributed by atoms with Crippen molar-refractivity contribution >= 4 is 23.2 Å². The minimum Gasteiger partial charge on any atom is -0.357 e. The van der Waals surface area contributed by atoms with Gasteiger partial charge in [0.25, 0.3) is 0 Å². The Kier molecular flexibility index (Phi) is 5.14. The Morgan fingerprint density at radius 1 is 0.964 bits per heavy atom. The highest BCUT2D eigenvalue weighted by molar-refractivity contribution is 6.00. The van der Waals surface area contributed by atoms with Gasteiger partial charge in [0.15, 0.2) is 5.82 Å². The normalized spacial score (nSPS) is 13.4. The van der Waals surface area contributed by atoms with Crippen molar-refractivity contribution in [3.8, 4) is 11.4 Å². The van der Waals surface area contributed by atoms with Crippen LogP contribution in [0.25, 0.3) is 11.4 Å². The number of benzene rings is 2. The van der Waals surface area contributed by atoms with Crippen molar-refractivity contribution in [3.63, 3.8) is 0 Å². The predicted molar refractivity (Wildman–Crippen MR) is 108 cm³/mol. The Balaban J connectivity index is 1.47. The summed E-state index contributed by atoms with van der Waals surface area (Å²) in [6.45, 7) is 2.03. The maximum Gasteiger partial charge on any atom is 0.323 e. The van der Waals surface area contributed by atoms with E-state index in [2.05, 4.69) is 25.5 Å². The van der Waals surface area contributed by atoms with E-state index in [9.17, 15) is 9.18 Å². The zero-order valence-corrected chi connectivity index (χ0v) is 15.2. The third kappa shape index (κ3) is 4.25. The van der Waals surface area contributed by atoms with Gasteiger partial charge in [0, 0.05) is 36.2 Å². The molecule has 142 valence electrons. The predicted octanol–water partition coefficient (Wildman–Crippen LogP) is 4.53. The first-order valence-corrected chi connectivity index (χ1v) is 9.19. The van der Waals surface area contributed by atoms with Gasteiger partial charge in [-0.15, -0.1) is 0 Å². The van der Waals surface area contributed by atoms with Gasteiger partial charge < -0.3 is 15.5 Å². The Hall–Kier alpha value is -3.48. The van der Waals surface area contributed by atoms with E-state index in [1.807, 2.05) is 24.3 Å². The first-order chi connectivity index (χ1) is 13.7. The standard InChI is InChI=1S/C21H20FN5O/c22-16-6-8-17(9-7-16)24-21(28)25-18-5-3-4-15(14-18)20-23-11-10-19(26-20)27-12-1-2-13-27/h3-11,14H,1-2,12-13H2,(H2,24,25,28). The zero-order valence-electron chi connectivity index (χ0n) is 15.2. The first-order valence-electron chi connectivity index (χ1n) is 9.19. The van der Waals surface area contributed by atoms with Crippen LogP contribution in [0.5, 0.6) is 0 Å². The van der Waals surface area contributed by atoms with E-state index in [-0.39, 0.29) is 5.82 Å². The fourth-order valence-electron chi connectivity index (χ4n) is 3.17. The second-order valence-corrected chi connectivity index (χ2v) is 6.60. The number of carbonyl (C=O) groups is 1. The van der Waals surface area contributed by atoms with Crippen LogP contribution in [0.2, 0.25) is 0 Å². The lowest BCUT2D eigenvalue weighted by molar-refractivity contribution is 0.262. The summed E-state index contributed by atoms with van der Waals surface area (Å²) >= 11 is 0. The molecule has 28 heavy (non-hydrogen) atoms. The molecule has 1 saturated heterocycles. The lowest BCUT2D eigenvalue weighted by Gasteiger charge is -2.16. The monoisotopic (exact) mass is 377 g/mol. The van der Waals surface area contributed by atoms with Crippen molar-refractivity contribution in [2.75, 3.05) is 28.6 Å². The summed E-state index contributed by atoms with van der Waals surface area (Å²) in [5.74, 6) is 1.19. The Labute approximate surface area is 162 Å². The average Bonchev–Trinajstić information content (AvgIpc) is 3.25. The zero-order chi connectivity index (χ0) is 19.3. The summed E-state index contributed by atoms with van der Waals surface area (Å²) in [7, 11) is 0. The van der Waals surface area contributed by atoms with Crippen LogP contribution in [0, 0.1) is 5.82 Å². The van der Waals surface area contributed by atoms with E-state index < -0.39 is 6.03 Å². The molecule has 1 fully saturated rings. The van der Waals surface area contributed by atoms with E-state index in [1.54, 1.807) is 12.3 Å². The number of urea groups is 1. The number of rotatable bonds is 4. The van der Waals surface area contributed by atoms with Crippen LogP contribution in [-0.2, 0) is 0 Å². The summed E-state index contributed by atoms with van der Waals surface area (Å²) in [6, 6.07) is 14.5. The Morgan fingerprint density at radius 3 is 2.50 bits per heavy atom. The first kappa shape index (κ1) is 17.9. The molecule has 1 aromatic heterocycles. The van der Waals surface area contributed by atoms with E-state index in [4.69, 9.17) is 0 Å². The third-order valence-electron chi connectivity index (χ3n) is 4.55. The molecule has 0 aliphatic carbocycles. The van der Waals surface area contributed by atoms with Gasteiger partial charge >= 0.3 is 6.03 Å². The van der Waals surface area contributed by atoms with Crippen molar-refractivity contribution < 1.29 is 9.18 Å². The third-order valence-corrected chi connectivity index (χ3v) is 4.55. The number of amides is 2. The Morgan fingerprint density at radius 2 is 1.71 bits per heavy atom. The summed E-state index contributed by atoms with van der Waals surface area (Å²) in [4.78, 5) is 23.5. The second kappa shape index (κ2) is 8.04. The molecule has 1 aliphatic rings. The molecule has 0 atom stereocenters. The molecule has 3 aromatic rings. The number of halogens is 1. The summed E-state index contributed by atoms with van der Waals surface area (Å²) in [5, 5.41) is 5.44. The second-order valence-electron chi connectivity index (χ2n) is 6.60. The van der Waals surface area contributed by atoms with Crippen LogP contribution in [-0.4, -0.2) is 29.1 Å². The molecular weight excluding hydrogens is 357 g/mol. The van der Waals surface area contributed by atoms with Gasteiger partial charge in [-0.1, -0.05) is 12.1 Å². The molecule has 0 unspecified atom stereocenters. The van der Waals surface area contributed by atoms with Crippen molar-refractivity contribution in [2.24, 2.45) is 0 Å². The number of nitrogens with one attached hydrogen (secondary N) is 2. The van der Waals surface area contributed by atoms with Crippen molar-refractivity contribution in [3.05, 3.63) is 66.6 Å². The molecule has 2 heterocycles. The lowest BCUT2D eigenvalue weighted by atomic mass is 10.2. The molecule has 0 spiro atoms. The van der Waals surface area contributed by atoms with Gasteiger partial charge in [0.1, 0.15) is 11.6 Å². The van der Waals surface area contributed by atoms with E-state index in [0.29, 0.717) is 17.2 Å². The molecule has 4 rings (SSSR count). The number of carbonyl (C=O) groups excluding carboxylic acids is 1. The van der Waals surface area contributed by atoms with Crippen LogP contribution in [0.15, 0.2) is 60.8 Å². The topological polar surface area (TPSA) is 70.2 Å². The number of anilines is 3. The van der Waals surface area contributed by atoms with E-state index in [0.717, 1.165) is 24.5 Å². The van der Waals surface area contributed by atoms with Gasteiger partial charge in [-0.05, 0) is 55.3 Å². The smallest absolute Gasteiger partial charge is 0.323 e. The molecule has 7 heteroatoms. The molecule has 2 amide bonds. The van der Waals surface area contributed by atoms with Crippen LogP contribution in [0.1, 0.15) is 12.8 Å². The van der Waals surface area contributed by atoms with E-state index in [1.165, 1.54) is 37.1 Å². The Bertz CT molecular complexity index is 971. The van der Waals surface area contributed by atoms with Gasteiger partial charge in [0.05, 0.1) is 0 Å². The summed E-state index contributed by atoms with van der Waals surface area (Å²) in [6.07, 6.45) is 4.13. The molecular formula is C21H20FN5O. The number of nitrogens with zero attached hydrogens (tertiary/aromatic N) is 3. The molecule has 2 aromatic carbocycles. The summed E-state index contributed by atoms with van der Waals surface area (Å²) < 4.78 is 13.0. The molecule has 0 radical (unpaired) electrons. The lowest BCUT2D eigenvalue weighted by Crippen LogP contribution is -2.19. The maximum atomic E-state index is 13.0.